The van der Waals surface area contributed by atoms with Crippen molar-refractivity contribution in [3.05, 3.63) is 24.2 Å². The highest BCUT2D eigenvalue weighted by molar-refractivity contribution is 5.67. The van der Waals surface area contributed by atoms with E-state index in [1.807, 2.05) is 0 Å². The predicted octanol–water partition coefficient (Wildman–Crippen LogP) is 0.905. The molecule has 0 aliphatic carbocycles. The quantitative estimate of drug-likeness (QED) is 0.713. The van der Waals surface area contributed by atoms with Gasteiger partial charge in [0, 0.05) is 13.0 Å². The van der Waals surface area contributed by atoms with Gasteiger partial charge in [0.15, 0.2) is 0 Å². The number of rotatable bonds is 5. The van der Waals surface area contributed by atoms with Crippen LogP contribution in [0.25, 0.3) is 0 Å². The van der Waals surface area contributed by atoms with Gasteiger partial charge in [0.1, 0.15) is 5.76 Å². The van der Waals surface area contributed by atoms with Gasteiger partial charge < -0.3 is 14.6 Å². The number of carboxylic acids is 1. The molecule has 0 saturated heterocycles. The molecule has 1 atom stereocenters. The van der Waals surface area contributed by atoms with E-state index in [-0.39, 0.29) is 18.9 Å². The van der Waals surface area contributed by atoms with Crippen LogP contribution in [-0.2, 0) is 11.2 Å². The second-order valence-electron chi connectivity index (χ2n) is 2.93. The van der Waals surface area contributed by atoms with Crippen LogP contribution in [0.1, 0.15) is 12.2 Å². The van der Waals surface area contributed by atoms with Crippen molar-refractivity contribution in [1.29, 1.82) is 0 Å². The zero-order chi connectivity index (χ0) is 9.68. The average molecular weight is 184 g/mol. The van der Waals surface area contributed by atoms with Crippen LogP contribution in [0, 0.1) is 5.92 Å². The van der Waals surface area contributed by atoms with Crippen molar-refractivity contribution in [1.82, 2.24) is 0 Å². The lowest BCUT2D eigenvalue weighted by molar-refractivity contribution is -0.138. The van der Waals surface area contributed by atoms with E-state index in [9.17, 15) is 4.79 Å². The van der Waals surface area contributed by atoms with Gasteiger partial charge in [0.25, 0.3) is 0 Å². The molecule has 0 amide bonds. The van der Waals surface area contributed by atoms with Gasteiger partial charge in [-0.15, -0.1) is 0 Å². The molecule has 0 aliphatic heterocycles. The van der Waals surface area contributed by atoms with E-state index in [0.717, 1.165) is 0 Å². The first-order chi connectivity index (χ1) is 6.22. The summed E-state index contributed by atoms with van der Waals surface area (Å²) in [7, 11) is 0. The van der Waals surface area contributed by atoms with Crippen LogP contribution >= 0.6 is 0 Å². The summed E-state index contributed by atoms with van der Waals surface area (Å²) in [6.07, 6.45) is 1.97. The summed E-state index contributed by atoms with van der Waals surface area (Å²) in [6.45, 7) is -0.132. The number of hydrogen-bond acceptors (Lipinski definition) is 3. The van der Waals surface area contributed by atoms with Crippen LogP contribution in [0.2, 0.25) is 0 Å². The second-order valence-corrected chi connectivity index (χ2v) is 2.93. The van der Waals surface area contributed by atoms with Crippen molar-refractivity contribution in [3.63, 3.8) is 0 Å². The number of furan rings is 1. The Balaban J connectivity index is 2.45. The average Bonchev–Trinajstić information content (AvgIpc) is 2.55. The van der Waals surface area contributed by atoms with Crippen molar-refractivity contribution in [2.45, 2.75) is 12.8 Å². The van der Waals surface area contributed by atoms with Crippen molar-refractivity contribution >= 4 is 5.97 Å². The van der Waals surface area contributed by atoms with Gasteiger partial charge in [-0.05, 0) is 18.1 Å². The molecule has 1 aromatic rings. The smallest absolute Gasteiger partial charge is 0.303 e. The Hall–Kier alpha value is -1.29. The van der Waals surface area contributed by atoms with Crippen LogP contribution in [0.4, 0.5) is 0 Å². The van der Waals surface area contributed by atoms with E-state index in [0.29, 0.717) is 12.2 Å². The highest BCUT2D eigenvalue weighted by Crippen LogP contribution is 2.12. The molecule has 4 nitrogen and oxygen atoms in total. The molecule has 0 saturated carbocycles. The maximum Gasteiger partial charge on any atom is 0.303 e. The third kappa shape index (κ3) is 3.29. The SMILES string of the molecule is O=C(O)C[C@H](CO)Cc1ccco1. The summed E-state index contributed by atoms with van der Waals surface area (Å²) in [4.78, 5) is 10.4. The Labute approximate surface area is 75.8 Å². The Morgan fingerprint density at radius 2 is 2.38 bits per heavy atom. The molecule has 1 aromatic heterocycles. The molecule has 0 fully saturated rings. The van der Waals surface area contributed by atoms with Gasteiger partial charge in [-0.2, -0.15) is 0 Å². The minimum absolute atomic E-state index is 0.0306. The monoisotopic (exact) mass is 184 g/mol. The van der Waals surface area contributed by atoms with Crippen LogP contribution in [0.3, 0.4) is 0 Å². The molecule has 0 aliphatic rings. The summed E-state index contributed by atoms with van der Waals surface area (Å²) in [5.41, 5.74) is 0. The van der Waals surface area contributed by atoms with E-state index in [1.165, 1.54) is 6.26 Å². The molecule has 72 valence electrons. The number of hydrogen-bond donors (Lipinski definition) is 2. The fourth-order valence-corrected chi connectivity index (χ4v) is 1.16. The predicted molar refractivity (Wildman–Crippen MR) is 45.2 cm³/mol. The van der Waals surface area contributed by atoms with E-state index in [1.54, 1.807) is 12.1 Å². The van der Waals surface area contributed by atoms with Crippen molar-refractivity contribution < 1.29 is 19.4 Å². The summed E-state index contributed by atoms with van der Waals surface area (Å²) in [5, 5.41) is 17.4. The highest BCUT2D eigenvalue weighted by atomic mass is 16.4. The van der Waals surface area contributed by atoms with Gasteiger partial charge in [0.05, 0.1) is 12.7 Å². The molecule has 0 aromatic carbocycles. The third-order valence-corrected chi connectivity index (χ3v) is 1.79. The first-order valence-corrected chi connectivity index (χ1v) is 4.07. The number of aliphatic hydroxyl groups excluding tert-OH is 1. The first-order valence-electron chi connectivity index (χ1n) is 4.07. The number of carboxylic acid groups (broad SMARTS) is 1. The molecule has 1 heterocycles. The lowest BCUT2D eigenvalue weighted by atomic mass is 10.0. The Morgan fingerprint density at radius 1 is 1.62 bits per heavy atom. The van der Waals surface area contributed by atoms with Gasteiger partial charge in [0.2, 0.25) is 0 Å². The Kier molecular flexibility index (Phi) is 3.52. The van der Waals surface area contributed by atoms with Gasteiger partial charge in [-0.25, -0.2) is 0 Å². The standard InChI is InChI=1S/C9H12O4/c10-6-7(5-9(11)12)4-8-2-1-3-13-8/h1-3,7,10H,4-6H2,(H,11,12)/t7-/m1/s1. The third-order valence-electron chi connectivity index (χ3n) is 1.79. The minimum Gasteiger partial charge on any atom is -0.481 e. The van der Waals surface area contributed by atoms with Gasteiger partial charge >= 0.3 is 5.97 Å². The highest BCUT2D eigenvalue weighted by Gasteiger charge is 2.13. The molecule has 0 unspecified atom stereocenters. The molecule has 0 radical (unpaired) electrons. The van der Waals surface area contributed by atoms with Crippen molar-refractivity contribution in [3.8, 4) is 0 Å². The van der Waals surface area contributed by atoms with E-state index >= 15 is 0 Å². The van der Waals surface area contributed by atoms with Gasteiger partial charge in [-0.1, -0.05) is 0 Å². The lowest BCUT2D eigenvalue weighted by Crippen LogP contribution is -2.14. The van der Waals surface area contributed by atoms with Crippen LogP contribution in [0.15, 0.2) is 22.8 Å². The molecule has 1 rings (SSSR count). The van der Waals surface area contributed by atoms with Crippen molar-refractivity contribution in [2.24, 2.45) is 5.92 Å². The molecular formula is C9H12O4. The van der Waals surface area contributed by atoms with E-state index in [2.05, 4.69) is 0 Å². The van der Waals surface area contributed by atoms with Crippen molar-refractivity contribution in [2.75, 3.05) is 6.61 Å². The topological polar surface area (TPSA) is 70.7 Å². The molecule has 0 spiro atoms. The maximum atomic E-state index is 10.4. The minimum atomic E-state index is -0.898. The molecular weight excluding hydrogens is 172 g/mol. The second kappa shape index (κ2) is 4.67. The summed E-state index contributed by atoms with van der Waals surface area (Å²) in [5.74, 6) is -0.449. The Bertz CT molecular complexity index is 253. The zero-order valence-electron chi connectivity index (χ0n) is 7.14. The fourth-order valence-electron chi connectivity index (χ4n) is 1.16. The summed E-state index contributed by atoms with van der Waals surface area (Å²) < 4.78 is 5.04. The largest absolute Gasteiger partial charge is 0.481 e. The fraction of sp³-hybridized carbons (Fsp3) is 0.444. The van der Waals surface area contributed by atoms with Crippen LogP contribution < -0.4 is 0 Å². The van der Waals surface area contributed by atoms with E-state index < -0.39 is 5.97 Å². The van der Waals surface area contributed by atoms with Crippen LogP contribution in [0.5, 0.6) is 0 Å². The maximum absolute atomic E-state index is 10.4. The number of aliphatic carboxylic acids is 1. The molecule has 0 bridgehead atoms. The Morgan fingerprint density at radius 3 is 2.85 bits per heavy atom. The number of carbonyl (C=O) groups is 1. The summed E-state index contributed by atoms with van der Waals surface area (Å²) in [6, 6.07) is 3.51. The van der Waals surface area contributed by atoms with E-state index in [4.69, 9.17) is 14.6 Å². The zero-order valence-corrected chi connectivity index (χ0v) is 7.14. The molecule has 13 heavy (non-hydrogen) atoms. The normalized spacial score (nSPS) is 12.7. The molecule has 4 heteroatoms. The molecule has 2 N–H and O–H groups in total. The van der Waals surface area contributed by atoms with Gasteiger partial charge in [-0.3, -0.25) is 4.79 Å². The lowest BCUT2D eigenvalue weighted by Gasteiger charge is -2.08. The number of aliphatic hydroxyl groups is 1. The van der Waals surface area contributed by atoms with Crippen LogP contribution in [-0.4, -0.2) is 22.8 Å². The summed E-state index contributed by atoms with van der Waals surface area (Å²) >= 11 is 0. The first kappa shape index (κ1) is 9.80.